The zero-order chi connectivity index (χ0) is 19.5. The van der Waals surface area contributed by atoms with E-state index in [-0.39, 0.29) is 18.0 Å². The Hall–Kier alpha value is -3.00. The zero-order valence-electron chi connectivity index (χ0n) is 15.6. The summed E-state index contributed by atoms with van der Waals surface area (Å²) in [7, 11) is 1.82. The van der Waals surface area contributed by atoms with Gasteiger partial charge in [-0.1, -0.05) is 30.0 Å². The number of amides is 1. The van der Waals surface area contributed by atoms with Crippen molar-refractivity contribution in [3.8, 4) is 11.5 Å². The highest BCUT2D eigenvalue weighted by atomic mass is 32.2. The molecule has 2 heterocycles. The Kier molecular flexibility index (Phi) is 5.21. The SMILES string of the molecule is CNc1nc(S[C@@H](C)C(=O)NCc2ccc3c(c2)OCO3)nc2ccccc12. The highest BCUT2D eigenvalue weighted by Crippen LogP contribution is 2.32. The molecule has 0 radical (unpaired) electrons. The van der Waals surface area contributed by atoms with Crippen LogP contribution in [0, 0.1) is 0 Å². The lowest BCUT2D eigenvalue weighted by molar-refractivity contribution is -0.120. The topological polar surface area (TPSA) is 85.4 Å². The molecule has 0 spiro atoms. The first-order valence-corrected chi connectivity index (χ1v) is 9.79. The predicted molar refractivity (Wildman–Crippen MR) is 109 cm³/mol. The molecule has 0 aliphatic carbocycles. The maximum absolute atomic E-state index is 12.5. The third-order valence-electron chi connectivity index (χ3n) is 4.37. The molecule has 144 valence electrons. The van der Waals surface area contributed by atoms with Gasteiger partial charge in [-0.05, 0) is 36.8 Å². The number of thioether (sulfide) groups is 1. The van der Waals surface area contributed by atoms with Gasteiger partial charge in [-0.2, -0.15) is 0 Å². The van der Waals surface area contributed by atoms with Gasteiger partial charge in [-0.25, -0.2) is 9.97 Å². The molecule has 1 aromatic heterocycles. The van der Waals surface area contributed by atoms with Crippen LogP contribution in [0.25, 0.3) is 10.9 Å². The number of para-hydroxylation sites is 1. The fraction of sp³-hybridized carbons (Fsp3) is 0.250. The van der Waals surface area contributed by atoms with Crippen molar-refractivity contribution in [3.63, 3.8) is 0 Å². The van der Waals surface area contributed by atoms with Gasteiger partial charge in [0.1, 0.15) is 5.82 Å². The molecule has 1 atom stereocenters. The van der Waals surface area contributed by atoms with Crippen molar-refractivity contribution in [1.29, 1.82) is 0 Å². The molecule has 28 heavy (non-hydrogen) atoms. The molecule has 0 saturated carbocycles. The van der Waals surface area contributed by atoms with E-state index in [1.807, 2.05) is 56.4 Å². The molecular formula is C20H20N4O3S. The Labute approximate surface area is 166 Å². The Morgan fingerprint density at radius 1 is 1.18 bits per heavy atom. The molecule has 0 bridgehead atoms. The number of nitrogens with zero attached hydrogens (tertiary/aromatic N) is 2. The minimum Gasteiger partial charge on any atom is -0.454 e. The van der Waals surface area contributed by atoms with E-state index in [2.05, 4.69) is 20.6 Å². The van der Waals surface area contributed by atoms with Gasteiger partial charge in [0.15, 0.2) is 16.7 Å². The van der Waals surface area contributed by atoms with Crippen LogP contribution >= 0.6 is 11.8 Å². The third kappa shape index (κ3) is 3.82. The predicted octanol–water partition coefficient (Wildman–Crippen LogP) is 3.20. The maximum atomic E-state index is 12.5. The van der Waals surface area contributed by atoms with Crippen molar-refractivity contribution >= 4 is 34.4 Å². The molecule has 4 rings (SSSR count). The first-order valence-electron chi connectivity index (χ1n) is 8.91. The fourth-order valence-corrected chi connectivity index (χ4v) is 3.70. The summed E-state index contributed by atoms with van der Waals surface area (Å²) in [5.41, 5.74) is 1.80. The molecular weight excluding hydrogens is 376 g/mol. The zero-order valence-corrected chi connectivity index (χ0v) is 16.4. The van der Waals surface area contributed by atoms with Gasteiger partial charge in [-0.3, -0.25) is 4.79 Å². The number of hydrogen-bond donors (Lipinski definition) is 2. The van der Waals surface area contributed by atoms with Gasteiger partial charge < -0.3 is 20.1 Å². The number of carbonyl (C=O) groups is 1. The van der Waals surface area contributed by atoms with Gasteiger partial charge in [0.05, 0.1) is 10.8 Å². The summed E-state index contributed by atoms with van der Waals surface area (Å²) in [5.74, 6) is 2.11. The standard InChI is InChI=1S/C20H20N4O3S/c1-12(19(25)22-10-13-7-8-16-17(9-13)27-11-26-16)28-20-23-15-6-4-3-5-14(15)18(21-2)24-20/h3-9,12H,10-11H2,1-2H3,(H,22,25)(H,21,23,24)/t12-/m0/s1. The minimum atomic E-state index is -0.333. The van der Waals surface area contributed by atoms with E-state index >= 15 is 0 Å². The van der Waals surface area contributed by atoms with E-state index in [1.165, 1.54) is 11.8 Å². The molecule has 8 heteroatoms. The highest BCUT2D eigenvalue weighted by molar-refractivity contribution is 8.00. The quantitative estimate of drug-likeness (QED) is 0.489. The number of rotatable bonds is 6. The number of nitrogens with one attached hydrogen (secondary N) is 2. The van der Waals surface area contributed by atoms with Crippen molar-refractivity contribution in [2.24, 2.45) is 0 Å². The number of anilines is 1. The summed E-state index contributed by atoms with van der Waals surface area (Å²) < 4.78 is 10.7. The van der Waals surface area contributed by atoms with E-state index in [0.29, 0.717) is 17.5 Å². The average Bonchev–Trinajstić information content (AvgIpc) is 3.19. The van der Waals surface area contributed by atoms with E-state index < -0.39 is 0 Å². The van der Waals surface area contributed by atoms with Crippen molar-refractivity contribution in [2.75, 3.05) is 19.2 Å². The number of hydrogen-bond acceptors (Lipinski definition) is 7. The second kappa shape index (κ2) is 7.93. The van der Waals surface area contributed by atoms with Crippen LogP contribution in [0.4, 0.5) is 5.82 Å². The van der Waals surface area contributed by atoms with Crippen LogP contribution in [0.2, 0.25) is 0 Å². The normalized spacial score (nSPS) is 13.4. The van der Waals surface area contributed by atoms with Crippen LogP contribution in [0.1, 0.15) is 12.5 Å². The van der Waals surface area contributed by atoms with E-state index in [4.69, 9.17) is 9.47 Å². The van der Waals surface area contributed by atoms with Gasteiger partial charge in [-0.15, -0.1) is 0 Å². The number of carbonyl (C=O) groups excluding carboxylic acids is 1. The number of ether oxygens (including phenoxy) is 2. The summed E-state index contributed by atoms with van der Waals surface area (Å²) in [4.78, 5) is 21.6. The molecule has 2 aromatic carbocycles. The lowest BCUT2D eigenvalue weighted by atomic mass is 10.2. The van der Waals surface area contributed by atoms with Crippen LogP contribution in [-0.4, -0.2) is 35.0 Å². The summed E-state index contributed by atoms with van der Waals surface area (Å²) in [6, 6.07) is 13.4. The third-order valence-corrected chi connectivity index (χ3v) is 5.34. The highest BCUT2D eigenvalue weighted by Gasteiger charge is 2.18. The molecule has 0 fully saturated rings. The minimum absolute atomic E-state index is 0.0783. The Morgan fingerprint density at radius 3 is 2.86 bits per heavy atom. The monoisotopic (exact) mass is 396 g/mol. The fourth-order valence-electron chi connectivity index (χ4n) is 2.89. The molecule has 7 nitrogen and oxygen atoms in total. The Morgan fingerprint density at radius 2 is 2.00 bits per heavy atom. The van der Waals surface area contributed by atoms with Gasteiger partial charge in [0, 0.05) is 19.0 Å². The molecule has 0 saturated heterocycles. The smallest absolute Gasteiger partial charge is 0.233 e. The van der Waals surface area contributed by atoms with Crippen molar-refractivity contribution in [3.05, 3.63) is 48.0 Å². The average molecular weight is 396 g/mol. The Bertz CT molecular complexity index is 1030. The second-order valence-corrected chi connectivity index (χ2v) is 7.60. The van der Waals surface area contributed by atoms with Crippen molar-refractivity contribution < 1.29 is 14.3 Å². The van der Waals surface area contributed by atoms with Crippen molar-refractivity contribution in [1.82, 2.24) is 15.3 Å². The summed E-state index contributed by atoms with van der Waals surface area (Å²) in [6.07, 6.45) is 0. The van der Waals surface area contributed by atoms with Gasteiger partial charge in [0.2, 0.25) is 12.7 Å². The lowest BCUT2D eigenvalue weighted by Crippen LogP contribution is -2.30. The summed E-state index contributed by atoms with van der Waals surface area (Å²) in [5, 5.41) is 7.22. The molecule has 1 aliphatic heterocycles. The second-order valence-electron chi connectivity index (χ2n) is 6.29. The number of fused-ring (bicyclic) bond motifs is 2. The number of aromatic nitrogens is 2. The molecule has 1 aliphatic rings. The van der Waals surface area contributed by atoms with Crippen LogP contribution in [0.3, 0.4) is 0 Å². The molecule has 2 N–H and O–H groups in total. The molecule has 1 amide bonds. The van der Waals surface area contributed by atoms with E-state index in [9.17, 15) is 4.79 Å². The molecule has 3 aromatic rings. The van der Waals surface area contributed by atoms with Crippen molar-refractivity contribution in [2.45, 2.75) is 23.9 Å². The molecule has 0 unspecified atom stereocenters. The van der Waals surface area contributed by atoms with Crippen LogP contribution in [0.5, 0.6) is 11.5 Å². The van der Waals surface area contributed by atoms with E-state index in [1.54, 1.807) is 0 Å². The van der Waals surface area contributed by atoms with Crippen LogP contribution < -0.4 is 20.1 Å². The lowest BCUT2D eigenvalue weighted by Gasteiger charge is -2.13. The Balaban J connectivity index is 1.41. The van der Waals surface area contributed by atoms with E-state index in [0.717, 1.165) is 28.0 Å². The first-order chi connectivity index (χ1) is 13.6. The van der Waals surface area contributed by atoms with Gasteiger partial charge in [0.25, 0.3) is 0 Å². The number of benzene rings is 2. The largest absolute Gasteiger partial charge is 0.454 e. The van der Waals surface area contributed by atoms with Crippen LogP contribution in [-0.2, 0) is 11.3 Å². The summed E-state index contributed by atoms with van der Waals surface area (Å²) >= 11 is 1.33. The summed E-state index contributed by atoms with van der Waals surface area (Å²) in [6.45, 7) is 2.50. The first kappa shape index (κ1) is 18.4. The van der Waals surface area contributed by atoms with Gasteiger partial charge >= 0.3 is 0 Å². The van der Waals surface area contributed by atoms with Crippen LogP contribution in [0.15, 0.2) is 47.6 Å². The maximum Gasteiger partial charge on any atom is 0.233 e.